The lowest BCUT2D eigenvalue weighted by atomic mass is 10.2. The molecule has 0 saturated heterocycles. The average molecular weight is 196 g/mol. The van der Waals surface area contributed by atoms with Crippen LogP contribution in [0.15, 0.2) is 30.3 Å². The van der Waals surface area contributed by atoms with E-state index in [1.165, 1.54) is 0 Å². The second-order valence-corrected chi connectivity index (χ2v) is 2.99. The molecule has 0 heterocycles. The zero-order chi connectivity index (χ0) is 8.81. The molecule has 0 unspecified atom stereocenters. The van der Waals surface area contributed by atoms with Gasteiger partial charge in [-0.25, -0.2) is 0 Å². The van der Waals surface area contributed by atoms with E-state index in [0.29, 0.717) is 6.61 Å². The molecule has 1 aromatic rings. The number of hydrogen-bond donors (Lipinski definition) is 0. The summed E-state index contributed by atoms with van der Waals surface area (Å²) in [7, 11) is 2.90. The van der Waals surface area contributed by atoms with Crippen molar-refractivity contribution in [3.63, 3.8) is 0 Å². The third-order valence-electron chi connectivity index (χ3n) is 1.34. The molecule has 3 radical (unpaired) electrons. The van der Waals surface area contributed by atoms with E-state index in [4.69, 9.17) is 11.6 Å². The molecule has 0 N–H and O–H groups in total. The molecule has 0 atom stereocenters. The fourth-order valence-corrected chi connectivity index (χ4v) is 1.14. The van der Waals surface area contributed by atoms with Crippen molar-refractivity contribution >= 4 is 28.2 Å². The minimum absolute atomic E-state index is 0.545. The van der Waals surface area contributed by atoms with Gasteiger partial charge in [0.1, 0.15) is 0 Å². The van der Waals surface area contributed by atoms with Crippen LogP contribution in [0.3, 0.4) is 0 Å². The largest absolute Gasteiger partial charge is 0.415 e. The molecule has 0 amide bonds. The van der Waals surface area contributed by atoms with E-state index in [1.807, 2.05) is 36.4 Å². The quantitative estimate of drug-likeness (QED) is 0.674. The Morgan fingerprint density at radius 1 is 1.50 bits per heavy atom. The highest BCUT2D eigenvalue weighted by atomic mass is 35.5. The van der Waals surface area contributed by atoms with E-state index in [0.717, 1.165) is 10.6 Å². The number of hydrogen-bond acceptors (Lipinski definition) is 1. The normalized spacial score (nSPS) is 10.8. The second kappa shape index (κ2) is 5.14. The minimum atomic E-state index is 0.545. The molecule has 3 heteroatoms. The molecule has 0 saturated carbocycles. The number of rotatable bonds is 3. The number of halogens is 1. The first kappa shape index (κ1) is 9.51. The lowest BCUT2D eigenvalue weighted by Gasteiger charge is -1.93. The molecular formula is C9H8ClOSi. The summed E-state index contributed by atoms with van der Waals surface area (Å²) >= 11 is 5.78. The zero-order valence-electron chi connectivity index (χ0n) is 6.46. The molecule has 61 valence electrons. The second-order valence-electron chi connectivity index (χ2n) is 2.27. The Morgan fingerprint density at radius 2 is 2.33 bits per heavy atom. The van der Waals surface area contributed by atoms with Gasteiger partial charge in [-0.15, -0.1) is 0 Å². The fourth-order valence-electron chi connectivity index (χ4n) is 0.843. The third-order valence-corrected chi connectivity index (χ3v) is 1.74. The van der Waals surface area contributed by atoms with Crippen molar-refractivity contribution in [2.75, 3.05) is 6.61 Å². The van der Waals surface area contributed by atoms with Gasteiger partial charge in [-0.1, -0.05) is 35.9 Å². The van der Waals surface area contributed by atoms with Crippen molar-refractivity contribution in [1.29, 1.82) is 0 Å². The molecule has 1 rings (SSSR count). The Labute approximate surface area is 80.5 Å². The van der Waals surface area contributed by atoms with Crippen LogP contribution in [-0.2, 0) is 4.43 Å². The van der Waals surface area contributed by atoms with Crippen molar-refractivity contribution in [2.24, 2.45) is 0 Å². The van der Waals surface area contributed by atoms with Crippen molar-refractivity contribution in [3.8, 4) is 0 Å². The summed E-state index contributed by atoms with van der Waals surface area (Å²) in [6.45, 7) is 0.545. The van der Waals surface area contributed by atoms with Gasteiger partial charge in [0, 0.05) is 5.02 Å². The first-order valence-corrected chi connectivity index (χ1v) is 4.32. The van der Waals surface area contributed by atoms with E-state index in [2.05, 4.69) is 14.9 Å². The topological polar surface area (TPSA) is 9.23 Å². The first-order chi connectivity index (χ1) is 5.83. The van der Waals surface area contributed by atoms with Gasteiger partial charge in [0.2, 0.25) is 10.5 Å². The molecule has 0 aromatic heterocycles. The summed E-state index contributed by atoms with van der Waals surface area (Å²) in [6, 6.07) is 7.64. The molecule has 0 bridgehead atoms. The van der Waals surface area contributed by atoms with E-state index in [-0.39, 0.29) is 0 Å². The SMILES string of the molecule is [Si]OC/C=C\c1cccc(Cl)c1. The monoisotopic (exact) mass is 195 g/mol. The molecule has 1 nitrogen and oxygen atoms in total. The van der Waals surface area contributed by atoms with Crippen molar-refractivity contribution in [3.05, 3.63) is 40.9 Å². The van der Waals surface area contributed by atoms with Crippen LogP contribution in [0.5, 0.6) is 0 Å². The predicted molar refractivity (Wildman–Crippen MR) is 52.2 cm³/mol. The van der Waals surface area contributed by atoms with Crippen LogP contribution in [0.4, 0.5) is 0 Å². The maximum absolute atomic E-state index is 5.78. The maximum Gasteiger partial charge on any atom is 0.246 e. The van der Waals surface area contributed by atoms with Crippen LogP contribution in [-0.4, -0.2) is 17.1 Å². The van der Waals surface area contributed by atoms with E-state index in [9.17, 15) is 0 Å². The van der Waals surface area contributed by atoms with Gasteiger partial charge in [0.15, 0.2) is 0 Å². The standard InChI is InChI=1S/C9H8ClOSi/c10-9-5-1-3-8(7-9)4-2-6-11-12/h1-5,7H,6H2/b4-2-. The Kier molecular flexibility index (Phi) is 4.08. The summed E-state index contributed by atoms with van der Waals surface area (Å²) in [4.78, 5) is 0. The number of benzene rings is 1. The summed E-state index contributed by atoms with van der Waals surface area (Å²) in [5.41, 5.74) is 1.08. The zero-order valence-corrected chi connectivity index (χ0v) is 8.21. The van der Waals surface area contributed by atoms with Gasteiger partial charge in [-0.05, 0) is 17.7 Å². The van der Waals surface area contributed by atoms with Crippen LogP contribution in [0.1, 0.15) is 5.56 Å². The van der Waals surface area contributed by atoms with Crippen molar-refractivity contribution < 1.29 is 4.43 Å². The molecular weight excluding hydrogens is 188 g/mol. The fraction of sp³-hybridized carbons (Fsp3) is 0.111. The molecule has 0 spiro atoms. The highest BCUT2D eigenvalue weighted by Gasteiger charge is 1.87. The van der Waals surface area contributed by atoms with Crippen LogP contribution < -0.4 is 0 Å². The van der Waals surface area contributed by atoms with E-state index in [1.54, 1.807) is 0 Å². The van der Waals surface area contributed by atoms with Crippen LogP contribution in [0, 0.1) is 0 Å². The summed E-state index contributed by atoms with van der Waals surface area (Å²) in [6.07, 6.45) is 3.85. The van der Waals surface area contributed by atoms with Gasteiger partial charge in [0.05, 0.1) is 6.61 Å². The third kappa shape index (κ3) is 3.22. The Balaban J connectivity index is 2.63. The summed E-state index contributed by atoms with van der Waals surface area (Å²) < 4.78 is 4.68. The van der Waals surface area contributed by atoms with Crippen LogP contribution in [0.25, 0.3) is 6.08 Å². The molecule has 0 aliphatic heterocycles. The summed E-state index contributed by atoms with van der Waals surface area (Å²) in [5.74, 6) is 0. The highest BCUT2D eigenvalue weighted by Crippen LogP contribution is 2.11. The van der Waals surface area contributed by atoms with E-state index >= 15 is 0 Å². The van der Waals surface area contributed by atoms with Crippen molar-refractivity contribution in [1.82, 2.24) is 0 Å². The van der Waals surface area contributed by atoms with Crippen LogP contribution in [0.2, 0.25) is 5.02 Å². The molecule has 0 fully saturated rings. The van der Waals surface area contributed by atoms with Crippen molar-refractivity contribution in [2.45, 2.75) is 0 Å². The van der Waals surface area contributed by atoms with Gasteiger partial charge in [0.25, 0.3) is 0 Å². The smallest absolute Gasteiger partial charge is 0.246 e. The minimum Gasteiger partial charge on any atom is -0.415 e. The maximum atomic E-state index is 5.78. The van der Waals surface area contributed by atoms with Gasteiger partial charge >= 0.3 is 0 Å². The highest BCUT2D eigenvalue weighted by molar-refractivity contribution is 6.30. The van der Waals surface area contributed by atoms with Gasteiger partial charge in [-0.2, -0.15) is 0 Å². The van der Waals surface area contributed by atoms with Crippen LogP contribution >= 0.6 is 11.6 Å². The molecule has 0 aliphatic carbocycles. The van der Waals surface area contributed by atoms with E-state index < -0.39 is 0 Å². The Morgan fingerprint density at radius 3 is 3.00 bits per heavy atom. The van der Waals surface area contributed by atoms with Gasteiger partial charge in [-0.3, -0.25) is 0 Å². The molecule has 12 heavy (non-hydrogen) atoms. The lowest BCUT2D eigenvalue weighted by molar-refractivity contribution is 0.402. The average Bonchev–Trinajstić information content (AvgIpc) is 2.05. The predicted octanol–water partition coefficient (Wildman–Crippen LogP) is 2.45. The molecule has 0 aliphatic rings. The first-order valence-electron chi connectivity index (χ1n) is 3.53. The molecule has 1 aromatic carbocycles. The summed E-state index contributed by atoms with van der Waals surface area (Å²) in [5, 5.41) is 0.747. The Bertz CT molecular complexity index is 273. The van der Waals surface area contributed by atoms with Gasteiger partial charge < -0.3 is 4.43 Å². The Hall–Kier alpha value is -0.573. The lowest BCUT2D eigenvalue weighted by Crippen LogP contribution is -1.82.